The van der Waals surface area contributed by atoms with Crippen LogP contribution in [0, 0.1) is 11.3 Å². The van der Waals surface area contributed by atoms with E-state index in [4.69, 9.17) is 5.73 Å². The third-order valence-electron chi connectivity index (χ3n) is 4.10. The minimum absolute atomic E-state index is 0.0763. The standard InChI is InChI=1S/C13H24F3N/c1-12(2)8-4-3-6-10(12)11(17)7-5-9-13(14,15)16/h10-11H,3-9,17H2,1-2H3. The first kappa shape index (κ1) is 14.8. The van der Waals surface area contributed by atoms with E-state index in [1.165, 1.54) is 12.8 Å². The molecule has 1 rings (SSSR count). The molecule has 2 unspecified atom stereocenters. The van der Waals surface area contributed by atoms with Gasteiger partial charge in [0, 0.05) is 12.5 Å². The molecule has 0 saturated heterocycles. The molecule has 0 amide bonds. The lowest BCUT2D eigenvalue weighted by Crippen LogP contribution is -2.41. The van der Waals surface area contributed by atoms with Crippen LogP contribution in [0.3, 0.4) is 0 Å². The normalized spacial score (nSPS) is 26.8. The second kappa shape index (κ2) is 5.59. The van der Waals surface area contributed by atoms with Crippen LogP contribution in [-0.2, 0) is 0 Å². The fourth-order valence-electron chi connectivity index (χ4n) is 3.05. The molecule has 1 saturated carbocycles. The second-order valence-electron chi connectivity index (χ2n) is 6.01. The fourth-order valence-corrected chi connectivity index (χ4v) is 3.05. The predicted molar refractivity (Wildman–Crippen MR) is 63.6 cm³/mol. The van der Waals surface area contributed by atoms with Gasteiger partial charge in [-0.15, -0.1) is 0 Å². The Balaban J connectivity index is 2.38. The molecule has 17 heavy (non-hydrogen) atoms. The largest absolute Gasteiger partial charge is 0.389 e. The number of alkyl halides is 3. The quantitative estimate of drug-likeness (QED) is 0.793. The summed E-state index contributed by atoms with van der Waals surface area (Å²) < 4.78 is 36.2. The van der Waals surface area contributed by atoms with Crippen LogP contribution in [-0.4, -0.2) is 12.2 Å². The molecule has 0 aromatic rings. The molecule has 0 bridgehead atoms. The van der Waals surface area contributed by atoms with Gasteiger partial charge in [0.2, 0.25) is 0 Å². The van der Waals surface area contributed by atoms with Crippen LogP contribution in [0.15, 0.2) is 0 Å². The molecular weight excluding hydrogens is 227 g/mol. The molecule has 1 aliphatic carbocycles. The first-order valence-electron chi connectivity index (χ1n) is 6.55. The number of nitrogens with two attached hydrogens (primary N) is 1. The maximum absolute atomic E-state index is 12.1. The Bertz CT molecular complexity index is 235. The Kier molecular flexibility index (Phi) is 4.87. The molecule has 0 aromatic heterocycles. The number of hydrogen-bond acceptors (Lipinski definition) is 1. The summed E-state index contributed by atoms with van der Waals surface area (Å²) in [7, 11) is 0. The topological polar surface area (TPSA) is 26.0 Å². The third kappa shape index (κ3) is 4.86. The zero-order valence-electron chi connectivity index (χ0n) is 10.8. The van der Waals surface area contributed by atoms with E-state index >= 15 is 0 Å². The van der Waals surface area contributed by atoms with Gasteiger partial charge >= 0.3 is 6.18 Å². The van der Waals surface area contributed by atoms with E-state index in [9.17, 15) is 13.2 Å². The van der Waals surface area contributed by atoms with Crippen molar-refractivity contribution < 1.29 is 13.2 Å². The van der Waals surface area contributed by atoms with Crippen molar-refractivity contribution in [1.29, 1.82) is 0 Å². The van der Waals surface area contributed by atoms with Gasteiger partial charge in [-0.25, -0.2) is 0 Å². The summed E-state index contributed by atoms with van der Waals surface area (Å²) in [6, 6.07) is -0.0763. The maximum atomic E-state index is 12.1. The van der Waals surface area contributed by atoms with Gasteiger partial charge in [0.25, 0.3) is 0 Å². The number of rotatable bonds is 4. The fraction of sp³-hybridized carbons (Fsp3) is 1.00. The van der Waals surface area contributed by atoms with E-state index in [-0.39, 0.29) is 17.9 Å². The molecule has 0 aliphatic heterocycles. The molecule has 0 spiro atoms. The lowest BCUT2D eigenvalue weighted by molar-refractivity contribution is -0.136. The molecule has 1 nitrogen and oxygen atoms in total. The first-order chi connectivity index (χ1) is 7.72. The van der Waals surface area contributed by atoms with Crippen LogP contribution in [0.2, 0.25) is 0 Å². The highest BCUT2D eigenvalue weighted by Gasteiger charge is 2.36. The van der Waals surface area contributed by atoms with Gasteiger partial charge in [-0.05, 0) is 37.0 Å². The van der Waals surface area contributed by atoms with E-state index in [0.29, 0.717) is 12.3 Å². The van der Waals surface area contributed by atoms with Crippen molar-refractivity contribution in [3.05, 3.63) is 0 Å². The third-order valence-corrected chi connectivity index (χ3v) is 4.10. The molecule has 2 atom stereocenters. The van der Waals surface area contributed by atoms with Crippen LogP contribution in [0.5, 0.6) is 0 Å². The van der Waals surface area contributed by atoms with E-state index in [0.717, 1.165) is 12.8 Å². The van der Waals surface area contributed by atoms with Crippen LogP contribution in [0.4, 0.5) is 13.2 Å². The van der Waals surface area contributed by atoms with Gasteiger partial charge in [-0.2, -0.15) is 13.2 Å². The molecule has 1 aliphatic rings. The highest BCUT2D eigenvalue weighted by atomic mass is 19.4. The van der Waals surface area contributed by atoms with Crippen molar-refractivity contribution >= 4 is 0 Å². The predicted octanol–water partition coefficient (Wildman–Crippen LogP) is 4.26. The summed E-state index contributed by atoms with van der Waals surface area (Å²) in [5.74, 6) is 0.379. The monoisotopic (exact) mass is 251 g/mol. The molecule has 1 fully saturated rings. The summed E-state index contributed by atoms with van der Waals surface area (Å²) in [6.07, 6.45) is 0.519. The van der Waals surface area contributed by atoms with E-state index < -0.39 is 12.6 Å². The number of hydrogen-bond donors (Lipinski definition) is 1. The van der Waals surface area contributed by atoms with E-state index in [2.05, 4.69) is 13.8 Å². The molecule has 0 aromatic carbocycles. The second-order valence-corrected chi connectivity index (χ2v) is 6.01. The molecule has 102 valence electrons. The van der Waals surface area contributed by atoms with E-state index in [1.54, 1.807) is 0 Å². The van der Waals surface area contributed by atoms with Gasteiger partial charge in [0.05, 0.1) is 0 Å². The Labute approximate surface area is 102 Å². The lowest BCUT2D eigenvalue weighted by atomic mass is 9.65. The van der Waals surface area contributed by atoms with Crippen LogP contribution >= 0.6 is 0 Å². The van der Waals surface area contributed by atoms with Crippen molar-refractivity contribution in [2.45, 2.75) is 71.0 Å². The minimum Gasteiger partial charge on any atom is -0.327 e. The molecule has 4 heteroatoms. The molecular formula is C13H24F3N. The SMILES string of the molecule is CC1(C)CCCCC1C(N)CCCC(F)(F)F. The zero-order chi connectivity index (χ0) is 13.1. The zero-order valence-corrected chi connectivity index (χ0v) is 10.8. The maximum Gasteiger partial charge on any atom is 0.389 e. The van der Waals surface area contributed by atoms with Crippen molar-refractivity contribution in [3.8, 4) is 0 Å². The van der Waals surface area contributed by atoms with Crippen molar-refractivity contribution in [2.24, 2.45) is 17.1 Å². The Morgan fingerprint density at radius 3 is 2.47 bits per heavy atom. The number of halogens is 3. The van der Waals surface area contributed by atoms with Crippen LogP contribution < -0.4 is 5.73 Å². The summed E-state index contributed by atoms with van der Waals surface area (Å²) >= 11 is 0. The van der Waals surface area contributed by atoms with E-state index in [1.807, 2.05) is 0 Å². The highest BCUT2D eigenvalue weighted by Crippen LogP contribution is 2.42. The minimum atomic E-state index is -4.04. The molecule has 0 heterocycles. The Hall–Kier alpha value is -0.250. The van der Waals surface area contributed by atoms with Crippen molar-refractivity contribution in [3.63, 3.8) is 0 Å². The van der Waals surface area contributed by atoms with Crippen LogP contribution in [0.1, 0.15) is 58.8 Å². The Morgan fingerprint density at radius 2 is 1.94 bits per heavy atom. The van der Waals surface area contributed by atoms with Crippen molar-refractivity contribution in [2.75, 3.05) is 0 Å². The van der Waals surface area contributed by atoms with Crippen LogP contribution in [0.25, 0.3) is 0 Å². The smallest absolute Gasteiger partial charge is 0.327 e. The van der Waals surface area contributed by atoms with Gasteiger partial charge in [-0.3, -0.25) is 0 Å². The van der Waals surface area contributed by atoms with Gasteiger partial charge in [-0.1, -0.05) is 26.7 Å². The summed E-state index contributed by atoms with van der Waals surface area (Å²) in [5.41, 5.74) is 6.28. The first-order valence-corrected chi connectivity index (χ1v) is 6.55. The van der Waals surface area contributed by atoms with Gasteiger partial charge in [0.1, 0.15) is 0 Å². The van der Waals surface area contributed by atoms with Gasteiger partial charge in [0.15, 0.2) is 0 Å². The molecule has 2 N–H and O–H groups in total. The Morgan fingerprint density at radius 1 is 1.29 bits per heavy atom. The summed E-state index contributed by atoms with van der Waals surface area (Å²) in [6.45, 7) is 4.39. The average Bonchev–Trinajstić information content (AvgIpc) is 2.14. The highest BCUT2D eigenvalue weighted by molar-refractivity contribution is 4.88. The summed E-state index contributed by atoms with van der Waals surface area (Å²) in [4.78, 5) is 0. The summed E-state index contributed by atoms with van der Waals surface area (Å²) in [5, 5.41) is 0. The molecule has 0 radical (unpaired) electrons. The average molecular weight is 251 g/mol. The van der Waals surface area contributed by atoms with Gasteiger partial charge < -0.3 is 5.73 Å². The van der Waals surface area contributed by atoms with Crippen molar-refractivity contribution in [1.82, 2.24) is 0 Å². The lowest BCUT2D eigenvalue weighted by Gasteiger charge is -2.42.